The molecule has 0 N–H and O–H groups in total. The van der Waals surface area contributed by atoms with Crippen molar-refractivity contribution >= 4 is 43.3 Å². The second-order valence-corrected chi connectivity index (χ2v) is 8.98. The Hall–Kier alpha value is -0.210. The van der Waals surface area contributed by atoms with E-state index in [2.05, 4.69) is 21.0 Å². The minimum absolute atomic E-state index is 0.176. The number of aromatic nitrogens is 2. The fraction of sp³-hybridized carbons (Fsp3) is 0.750. The number of thioether (sulfide) groups is 1. The summed E-state index contributed by atoms with van der Waals surface area (Å²) in [4.78, 5) is 2.02. The summed E-state index contributed by atoms with van der Waals surface area (Å²) in [5.41, 5.74) is 2.03. The van der Waals surface area contributed by atoms with Gasteiger partial charge < -0.3 is 4.90 Å². The van der Waals surface area contributed by atoms with Gasteiger partial charge in [-0.2, -0.15) is 16.9 Å². The zero-order valence-corrected chi connectivity index (χ0v) is 15.2. The van der Waals surface area contributed by atoms with Crippen molar-refractivity contribution in [1.82, 2.24) is 9.78 Å². The predicted octanol–water partition coefficient (Wildman–Crippen LogP) is 1.94. The van der Waals surface area contributed by atoms with Gasteiger partial charge in [0.2, 0.25) is 0 Å². The summed E-state index contributed by atoms with van der Waals surface area (Å²) < 4.78 is 26.5. The first-order valence-electron chi connectivity index (χ1n) is 6.56. The summed E-state index contributed by atoms with van der Waals surface area (Å²) >= 11 is 5.20. The standard InChI is InChI=1S/C12H20BrN3O2S2/c1-4-20(17,18)11-8-19-6-5-16(11)12-10(7-13)9(2)14-15(12)3/h11H,4-8H2,1-3H3. The molecule has 1 aromatic heterocycles. The van der Waals surface area contributed by atoms with Crippen LogP contribution in [0.3, 0.4) is 0 Å². The van der Waals surface area contributed by atoms with Gasteiger partial charge in [-0.25, -0.2) is 8.42 Å². The topological polar surface area (TPSA) is 55.2 Å². The van der Waals surface area contributed by atoms with Gasteiger partial charge in [-0.3, -0.25) is 4.68 Å². The molecular formula is C12H20BrN3O2S2. The molecule has 1 aliphatic rings. The molecule has 8 heteroatoms. The largest absolute Gasteiger partial charge is 0.338 e. The molecule has 20 heavy (non-hydrogen) atoms. The number of hydrogen-bond donors (Lipinski definition) is 0. The van der Waals surface area contributed by atoms with E-state index in [4.69, 9.17) is 0 Å². The second kappa shape index (κ2) is 6.27. The molecule has 2 rings (SSSR count). The summed E-state index contributed by atoms with van der Waals surface area (Å²) in [6, 6.07) is 0. The molecule has 2 heterocycles. The van der Waals surface area contributed by atoms with Crippen LogP contribution < -0.4 is 4.90 Å². The maximum Gasteiger partial charge on any atom is 0.171 e. The Labute approximate surface area is 133 Å². The molecule has 5 nitrogen and oxygen atoms in total. The lowest BCUT2D eigenvalue weighted by atomic mass is 10.2. The van der Waals surface area contributed by atoms with Crippen molar-refractivity contribution in [1.29, 1.82) is 0 Å². The Kier molecular flexibility index (Phi) is 5.07. The van der Waals surface area contributed by atoms with E-state index >= 15 is 0 Å². The molecular weight excluding hydrogens is 362 g/mol. The zero-order chi connectivity index (χ0) is 14.9. The maximum atomic E-state index is 12.4. The molecule has 0 bridgehead atoms. The first kappa shape index (κ1) is 16.2. The third-order valence-corrected chi connectivity index (χ3v) is 7.47. The molecule has 0 amide bonds. The lowest BCUT2D eigenvalue weighted by Crippen LogP contribution is -2.49. The van der Waals surface area contributed by atoms with Crippen LogP contribution in [0, 0.1) is 6.92 Å². The molecule has 1 aromatic rings. The van der Waals surface area contributed by atoms with Crippen molar-refractivity contribution in [3.05, 3.63) is 11.3 Å². The fourth-order valence-electron chi connectivity index (χ4n) is 2.52. The Morgan fingerprint density at radius 2 is 2.20 bits per heavy atom. The van der Waals surface area contributed by atoms with Crippen molar-refractivity contribution in [3.63, 3.8) is 0 Å². The van der Waals surface area contributed by atoms with E-state index in [0.29, 0.717) is 11.1 Å². The van der Waals surface area contributed by atoms with E-state index in [-0.39, 0.29) is 5.75 Å². The van der Waals surface area contributed by atoms with Crippen molar-refractivity contribution in [3.8, 4) is 0 Å². The number of rotatable bonds is 4. The third-order valence-electron chi connectivity index (χ3n) is 3.62. The normalized spacial score (nSPS) is 20.4. The molecule has 1 atom stereocenters. The lowest BCUT2D eigenvalue weighted by Gasteiger charge is -2.36. The minimum Gasteiger partial charge on any atom is -0.338 e. The number of alkyl halides is 1. The summed E-state index contributed by atoms with van der Waals surface area (Å²) in [7, 11) is -1.22. The monoisotopic (exact) mass is 381 g/mol. The zero-order valence-electron chi connectivity index (χ0n) is 12.0. The third kappa shape index (κ3) is 2.87. The Morgan fingerprint density at radius 1 is 1.50 bits per heavy atom. The van der Waals surface area contributed by atoms with Crippen LogP contribution in [0.2, 0.25) is 0 Å². The van der Waals surface area contributed by atoms with Crippen molar-refractivity contribution in [2.24, 2.45) is 7.05 Å². The molecule has 0 radical (unpaired) electrons. The number of anilines is 1. The highest BCUT2D eigenvalue weighted by molar-refractivity contribution is 9.08. The summed E-state index contributed by atoms with van der Waals surface area (Å²) in [5.74, 6) is 2.68. The van der Waals surface area contributed by atoms with E-state index in [1.54, 1.807) is 23.4 Å². The van der Waals surface area contributed by atoms with Crippen LogP contribution in [-0.2, 0) is 22.2 Å². The minimum atomic E-state index is -3.10. The number of aryl methyl sites for hydroxylation is 2. The molecule has 114 valence electrons. The van der Waals surface area contributed by atoms with Crippen LogP contribution in [0.1, 0.15) is 18.2 Å². The van der Waals surface area contributed by atoms with Gasteiger partial charge >= 0.3 is 0 Å². The average molecular weight is 382 g/mol. The summed E-state index contributed by atoms with van der Waals surface area (Å²) in [6.07, 6.45) is 0. The van der Waals surface area contributed by atoms with Crippen LogP contribution in [0.25, 0.3) is 0 Å². The molecule has 1 saturated heterocycles. The lowest BCUT2D eigenvalue weighted by molar-refractivity contribution is 0.576. The first-order chi connectivity index (χ1) is 9.42. The van der Waals surface area contributed by atoms with Crippen molar-refractivity contribution < 1.29 is 8.42 Å². The van der Waals surface area contributed by atoms with Crippen LogP contribution in [0.15, 0.2) is 0 Å². The quantitative estimate of drug-likeness (QED) is 0.745. The predicted molar refractivity (Wildman–Crippen MR) is 88.5 cm³/mol. The number of nitrogens with zero attached hydrogens (tertiary/aromatic N) is 3. The van der Waals surface area contributed by atoms with E-state index in [1.807, 2.05) is 18.9 Å². The number of hydrogen-bond acceptors (Lipinski definition) is 5. The molecule has 0 aliphatic carbocycles. The SMILES string of the molecule is CCS(=O)(=O)C1CSCCN1c1c(CBr)c(C)nn1C. The smallest absolute Gasteiger partial charge is 0.171 e. The number of sulfone groups is 1. The van der Waals surface area contributed by atoms with Crippen molar-refractivity contribution in [2.45, 2.75) is 24.6 Å². The van der Waals surface area contributed by atoms with Gasteiger partial charge in [0.15, 0.2) is 9.84 Å². The fourth-order valence-corrected chi connectivity index (χ4v) is 6.15. The molecule has 0 spiro atoms. The maximum absolute atomic E-state index is 12.4. The highest BCUT2D eigenvalue weighted by Gasteiger charge is 2.35. The molecule has 1 fully saturated rings. The van der Waals surface area contributed by atoms with E-state index in [0.717, 1.165) is 29.4 Å². The van der Waals surface area contributed by atoms with Gasteiger partial charge in [-0.1, -0.05) is 22.9 Å². The summed E-state index contributed by atoms with van der Waals surface area (Å²) in [6.45, 7) is 4.42. The molecule has 1 aliphatic heterocycles. The van der Waals surface area contributed by atoms with Gasteiger partial charge in [-0.05, 0) is 6.92 Å². The van der Waals surface area contributed by atoms with Gasteiger partial charge in [0.25, 0.3) is 0 Å². The van der Waals surface area contributed by atoms with Gasteiger partial charge in [0.1, 0.15) is 11.2 Å². The van der Waals surface area contributed by atoms with Crippen LogP contribution in [-0.4, -0.2) is 47.4 Å². The van der Waals surface area contributed by atoms with Gasteiger partial charge in [-0.15, -0.1) is 0 Å². The molecule has 1 unspecified atom stereocenters. The Morgan fingerprint density at radius 3 is 2.80 bits per heavy atom. The second-order valence-electron chi connectivity index (χ2n) is 4.82. The Bertz CT molecular complexity index is 586. The van der Waals surface area contributed by atoms with Gasteiger partial charge in [0, 0.05) is 41.7 Å². The highest BCUT2D eigenvalue weighted by atomic mass is 79.9. The Balaban J connectivity index is 2.48. The van der Waals surface area contributed by atoms with Crippen LogP contribution >= 0.6 is 27.7 Å². The van der Waals surface area contributed by atoms with Crippen molar-refractivity contribution in [2.75, 3.05) is 28.7 Å². The molecule has 0 saturated carbocycles. The highest BCUT2D eigenvalue weighted by Crippen LogP contribution is 2.32. The van der Waals surface area contributed by atoms with Crippen LogP contribution in [0.5, 0.6) is 0 Å². The van der Waals surface area contributed by atoms with Gasteiger partial charge in [0.05, 0.1) is 5.69 Å². The summed E-state index contributed by atoms with van der Waals surface area (Å²) in [5, 5.41) is 4.68. The number of halogens is 1. The first-order valence-corrected chi connectivity index (χ1v) is 10.6. The van der Waals surface area contributed by atoms with E-state index in [9.17, 15) is 8.42 Å². The molecule has 0 aromatic carbocycles. The van der Waals surface area contributed by atoms with E-state index in [1.165, 1.54) is 0 Å². The van der Waals surface area contributed by atoms with Crippen LogP contribution in [0.4, 0.5) is 5.82 Å². The van der Waals surface area contributed by atoms with E-state index < -0.39 is 15.2 Å². The average Bonchev–Trinajstić information content (AvgIpc) is 2.72.